The molecule has 0 unspecified atom stereocenters. The van der Waals surface area contributed by atoms with E-state index in [1.54, 1.807) is 19.1 Å². The third-order valence-electron chi connectivity index (χ3n) is 3.74. The summed E-state index contributed by atoms with van der Waals surface area (Å²) in [6, 6.07) is 9.00. The van der Waals surface area contributed by atoms with Gasteiger partial charge < -0.3 is 10.4 Å². The molecule has 0 saturated carbocycles. The average Bonchev–Trinajstić information content (AvgIpc) is 2.51. The fourth-order valence-corrected chi connectivity index (χ4v) is 2.78. The van der Waals surface area contributed by atoms with Gasteiger partial charge in [0.1, 0.15) is 0 Å². The molecule has 0 bridgehead atoms. The Kier molecular flexibility index (Phi) is 3.35. The van der Waals surface area contributed by atoms with Gasteiger partial charge in [0.05, 0.1) is 6.61 Å². The van der Waals surface area contributed by atoms with Gasteiger partial charge in [0.15, 0.2) is 0 Å². The van der Waals surface area contributed by atoms with Crippen LogP contribution in [0.2, 0.25) is 0 Å². The molecular formula is C16H16N2O3. The molecule has 2 N–H and O–H groups in total. The molecule has 108 valence electrons. The lowest BCUT2D eigenvalue weighted by Crippen LogP contribution is -2.40. The van der Waals surface area contributed by atoms with Crippen molar-refractivity contribution in [2.45, 2.75) is 6.92 Å². The second-order valence-corrected chi connectivity index (χ2v) is 4.89. The molecule has 5 heteroatoms. The molecule has 2 aromatic carbocycles. The number of nitrogens with zero attached hydrogens (tertiary/aromatic N) is 1. The number of amides is 2. The molecule has 0 atom stereocenters. The fraction of sp³-hybridized carbons (Fsp3) is 0.250. The Morgan fingerprint density at radius 1 is 1.10 bits per heavy atom. The Bertz CT molecular complexity index is 717. The Labute approximate surface area is 122 Å². The minimum absolute atomic E-state index is 0.0183. The molecule has 1 aliphatic rings. The van der Waals surface area contributed by atoms with Gasteiger partial charge in [-0.2, -0.15) is 0 Å². The SMILES string of the molecule is CCN1C(=O)c2cccc3c(NCCO)ccc(c23)C1=O. The van der Waals surface area contributed by atoms with Crippen LogP contribution in [0.3, 0.4) is 0 Å². The van der Waals surface area contributed by atoms with E-state index in [9.17, 15) is 9.59 Å². The number of aliphatic hydroxyl groups excluding tert-OH is 1. The number of anilines is 1. The first-order chi connectivity index (χ1) is 10.2. The van der Waals surface area contributed by atoms with E-state index in [0.717, 1.165) is 11.1 Å². The normalized spacial score (nSPS) is 13.9. The molecule has 0 spiro atoms. The quantitative estimate of drug-likeness (QED) is 0.841. The minimum Gasteiger partial charge on any atom is -0.395 e. The number of nitrogens with one attached hydrogen (secondary N) is 1. The highest BCUT2D eigenvalue weighted by Gasteiger charge is 2.31. The number of hydrogen-bond donors (Lipinski definition) is 2. The zero-order chi connectivity index (χ0) is 15.0. The highest BCUT2D eigenvalue weighted by molar-refractivity contribution is 6.26. The van der Waals surface area contributed by atoms with E-state index < -0.39 is 0 Å². The monoisotopic (exact) mass is 284 g/mol. The predicted molar refractivity (Wildman–Crippen MR) is 80.6 cm³/mol. The van der Waals surface area contributed by atoms with Crippen molar-refractivity contribution >= 4 is 28.3 Å². The molecule has 2 amide bonds. The Balaban J connectivity index is 2.26. The highest BCUT2D eigenvalue weighted by Crippen LogP contribution is 2.34. The zero-order valence-electron chi connectivity index (χ0n) is 11.7. The second-order valence-electron chi connectivity index (χ2n) is 4.89. The minimum atomic E-state index is -0.250. The number of carbonyl (C=O) groups is 2. The fourth-order valence-electron chi connectivity index (χ4n) is 2.78. The summed E-state index contributed by atoms with van der Waals surface area (Å²) in [5.74, 6) is -0.500. The number of rotatable bonds is 4. The Morgan fingerprint density at radius 3 is 2.48 bits per heavy atom. The van der Waals surface area contributed by atoms with Crippen LogP contribution in [0.5, 0.6) is 0 Å². The summed E-state index contributed by atoms with van der Waals surface area (Å²) in [6.45, 7) is 2.59. The van der Waals surface area contributed by atoms with Crippen LogP contribution in [0.1, 0.15) is 27.6 Å². The van der Waals surface area contributed by atoms with E-state index in [2.05, 4.69) is 5.32 Å². The van der Waals surface area contributed by atoms with Gasteiger partial charge >= 0.3 is 0 Å². The van der Waals surface area contributed by atoms with Crippen molar-refractivity contribution in [1.82, 2.24) is 4.90 Å². The van der Waals surface area contributed by atoms with E-state index in [4.69, 9.17) is 5.11 Å². The third kappa shape index (κ3) is 1.97. The highest BCUT2D eigenvalue weighted by atomic mass is 16.3. The van der Waals surface area contributed by atoms with Crippen LogP contribution in [-0.2, 0) is 0 Å². The first-order valence-corrected chi connectivity index (χ1v) is 6.95. The first kappa shape index (κ1) is 13.6. The lowest BCUT2D eigenvalue weighted by molar-refractivity contribution is 0.0619. The van der Waals surface area contributed by atoms with Gasteiger partial charge in [0.2, 0.25) is 0 Å². The molecule has 0 fully saturated rings. The zero-order valence-corrected chi connectivity index (χ0v) is 11.7. The Morgan fingerprint density at radius 2 is 1.81 bits per heavy atom. The van der Waals surface area contributed by atoms with Crippen LogP contribution in [0, 0.1) is 0 Å². The summed E-state index contributed by atoms with van der Waals surface area (Å²) in [6.07, 6.45) is 0. The van der Waals surface area contributed by atoms with Gasteiger partial charge in [-0.3, -0.25) is 14.5 Å². The summed E-state index contributed by atoms with van der Waals surface area (Å²) in [5.41, 5.74) is 1.92. The van der Waals surface area contributed by atoms with Crippen molar-refractivity contribution in [3.8, 4) is 0 Å². The van der Waals surface area contributed by atoms with Crippen molar-refractivity contribution in [2.24, 2.45) is 0 Å². The van der Waals surface area contributed by atoms with E-state index in [1.807, 2.05) is 18.2 Å². The standard InChI is InChI=1S/C16H16N2O3/c1-2-18-15(20)11-5-3-4-10-13(17-8-9-19)7-6-12(14(10)11)16(18)21/h3-7,17,19H,2,8-9H2,1H3. The number of imide groups is 1. The lowest BCUT2D eigenvalue weighted by atomic mass is 9.93. The first-order valence-electron chi connectivity index (χ1n) is 6.95. The van der Waals surface area contributed by atoms with Gasteiger partial charge in [0, 0.05) is 40.7 Å². The summed E-state index contributed by atoms with van der Waals surface area (Å²) in [4.78, 5) is 26.1. The van der Waals surface area contributed by atoms with Crippen molar-refractivity contribution in [2.75, 3.05) is 25.0 Å². The van der Waals surface area contributed by atoms with Crippen molar-refractivity contribution in [3.05, 3.63) is 41.5 Å². The average molecular weight is 284 g/mol. The lowest BCUT2D eigenvalue weighted by Gasteiger charge is -2.26. The van der Waals surface area contributed by atoms with Crippen LogP contribution < -0.4 is 5.32 Å². The topological polar surface area (TPSA) is 69.6 Å². The molecule has 21 heavy (non-hydrogen) atoms. The molecule has 1 heterocycles. The third-order valence-corrected chi connectivity index (χ3v) is 3.74. The number of hydrogen-bond acceptors (Lipinski definition) is 4. The van der Waals surface area contributed by atoms with Crippen LogP contribution in [0.15, 0.2) is 30.3 Å². The molecule has 2 aromatic rings. The van der Waals surface area contributed by atoms with Gasteiger partial charge in [0.25, 0.3) is 11.8 Å². The molecular weight excluding hydrogens is 268 g/mol. The summed E-state index contributed by atoms with van der Waals surface area (Å²) in [5, 5.41) is 13.6. The van der Waals surface area contributed by atoms with Gasteiger partial charge in [-0.1, -0.05) is 12.1 Å². The summed E-state index contributed by atoms with van der Waals surface area (Å²) >= 11 is 0. The van der Waals surface area contributed by atoms with Crippen LogP contribution in [-0.4, -0.2) is 41.5 Å². The maximum Gasteiger partial charge on any atom is 0.261 e. The number of aliphatic hydroxyl groups is 1. The molecule has 3 rings (SSSR count). The largest absolute Gasteiger partial charge is 0.395 e. The van der Waals surface area contributed by atoms with Gasteiger partial charge in [-0.25, -0.2) is 0 Å². The van der Waals surface area contributed by atoms with E-state index in [-0.39, 0.29) is 18.4 Å². The molecule has 1 aliphatic heterocycles. The summed E-state index contributed by atoms with van der Waals surface area (Å²) < 4.78 is 0. The molecule has 0 saturated heterocycles. The van der Waals surface area contributed by atoms with Crippen molar-refractivity contribution < 1.29 is 14.7 Å². The Hall–Kier alpha value is -2.40. The van der Waals surface area contributed by atoms with Crippen LogP contribution in [0.4, 0.5) is 5.69 Å². The smallest absolute Gasteiger partial charge is 0.261 e. The number of carbonyl (C=O) groups excluding carboxylic acids is 2. The van der Waals surface area contributed by atoms with Crippen LogP contribution in [0.25, 0.3) is 10.8 Å². The van der Waals surface area contributed by atoms with Crippen LogP contribution >= 0.6 is 0 Å². The van der Waals surface area contributed by atoms with Gasteiger partial charge in [-0.15, -0.1) is 0 Å². The maximum atomic E-state index is 12.4. The van der Waals surface area contributed by atoms with E-state index >= 15 is 0 Å². The molecule has 0 aliphatic carbocycles. The molecule has 5 nitrogen and oxygen atoms in total. The van der Waals surface area contributed by atoms with E-state index in [1.165, 1.54) is 4.90 Å². The molecule has 0 aromatic heterocycles. The second kappa shape index (κ2) is 5.18. The predicted octanol–water partition coefficient (Wildman–Crippen LogP) is 1.86. The summed E-state index contributed by atoms with van der Waals surface area (Å²) in [7, 11) is 0. The molecule has 0 radical (unpaired) electrons. The number of benzene rings is 2. The van der Waals surface area contributed by atoms with Crippen molar-refractivity contribution in [1.29, 1.82) is 0 Å². The van der Waals surface area contributed by atoms with Crippen molar-refractivity contribution in [3.63, 3.8) is 0 Å². The van der Waals surface area contributed by atoms with Gasteiger partial charge in [-0.05, 0) is 25.1 Å². The maximum absolute atomic E-state index is 12.4. The van der Waals surface area contributed by atoms with E-state index in [0.29, 0.717) is 29.6 Å².